The molecule has 0 unspecified atom stereocenters. The van der Waals surface area contributed by atoms with Crippen molar-refractivity contribution in [3.63, 3.8) is 0 Å². The van der Waals surface area contributed by atoms with Crippen molar-refractivity contribution in [3.05, 3.63) is 41.4 Å². The van der Waals surface area contributed by atoms with Gasteiger partial charge in [0.05, 0.1) is 5.69 Å². The van der Waals surface area contributed by atoms with Gasteiger partial charge in [0, 0.05) is 14.8 Å². The summed E-state index contributed by atoms with van der Waals surface area (Å²) >= 11 is 7.41. The van der Waals surface area contributed by atoms with Crippen molar-refractivity contribution in [1.29, 1.82) is 0 Å². The molecule has 1 aromatic heterocycles. The third-order valence-corrected chi connectivity index (χ3v) is 3.76. The molecule has 2 N–H and O–H groups in total. The molecule has 0 atom stereocenters. The molecular weight excluding hydrogens is 270 g/mol. The smallest absolute Gasteiger partial charge is 0.159 e. The van der Waals surface area contributed by atoms with E-state index in [9.17, 15) is 0 Å². The van der Waals surface area contributed by atoms with Crippen molar-refractivity contribution in [2.75, 3.05) is 5.73 Å². The van der Waals surface area contributed by atoms with Crippen LogP contribution in [0.4, 0.5) is 5.69 Å². The van der Waals surface area contributed by atoms with Crippen LogP contribution < -0.4 is 5.73 Å². The molecule has 18 heavy (non-hydrogen) atoms. The van der Waals surface area contributed by atoms with Gasteiger partial charge in [-0.1, -0.05) is 23.4 Å². The maximum atomic E-state index is 5.85. The highest BCUT2D eigenvalue weighted by molar-refractivity contribution is 7.99. The third-order valence-electron chi connectivity index (χ3n) is 2.45. The van der Waals surface area contributed by atoms with Gasteiger partial charge in [-0.05, 0) is 46.7 Å². The first-order valence-corrected chi connectivity index (χ1v) is 6.37. The first-order valence-electron chi connectivity index (χ1n) is 5.18. The molecular formula is C12H8ClN3OS. The first-order chi connectivity index (χ1) is 8.74. The lowest BCUT2D eigenvalue weighted by Gasteiger charge is -2.02. The van der Waals surface area contributed by atoms with Crippen LogP contribution in [0.5, 0.6) is 0 Å². The second kappa shape index (κ2) is 4.51. The molecule has 0 aliphatic heterocycles. The number of fused-ring (bicyclic) bond motifs is 1. The van der Waals surface area contributed by atoms with E-state index in [1.54, 1.807) is 17.8 Å². The number of aromatic nitrogens is 2. The Morgan fingerprint density at radius 2 is 1.72 bits per heavy atom. The van der Waals surface area contributed by atoms with Gasteiger partial charge in [0.1, 0.15) is 0 Å². The molecule has 0 radical (unpaired) electrons. The predicted molar refractivity (Wildman–Crippen MR) is 71.8 cm³/mol. The highest BCUT2D eigenvalue weighted by atomic mass is 35.5. The fraction of sp³-hybridized carbons (Fsp3) is 0. The van der Waals surface area contributed by atoms with Gasteiger partial charge in [-0.3, -0.25) is 0 Å². The Balaban J connectivity index is 2.02. The Hall–Kier alpha value is -1.72. The van der Waals surface area contributed by atoms with E-state index < -0.39 is 0 Å². The van der Waals surface area contributed by atoms with Gasteiger partial charge >= 0.3 is 0 Å². The van der Waals surface area contributed by atoms with Crippen molar-refractivity contribution in [2.45, 2.75) is 9.79 Å². The number of rotatable bonds is 2. The minimum absolute atomic E-state index is 0.562. The molecule has 2 aromatic carbocycles. The number of hydrogen-bond donors (Lipinski definition) is 1. The van der Waals surface area contributed by atoms with Gasteiger partial charge in [0.15, 0.2) is 11.0 Å². The maximum Gasteiger partial charge on any atom is 0.159 e. The van der Waals surface area contributed by atoms with Crippen LogP contribution in [-0.2, 0) is 0 Å². The molecule has 0 aliphatic rings. The van der Waals surface area contributed by atoms with Crippen LogP contribution in [0.1, 0.15) is 0 Å². The zero-order valence-corrected chi connectivity index (χ0v) is 10.7. The van der Waals surface area contributed by atoms with Gasteiger partial charge < -0.3 is 5.73 Å². The summed E-state index contributed by atoms with van der Waals surface area (Å²) in [5.74, 6) is 0. The van der Waals surface area contributed by atoms with Crippen molar-refractivity contribution in [1.82, 2.24) is 10.3 Å². The Kier molecular flexibility index (Phi) is 2.85. The molecule has 0 aliphatic carbocycles. The summed E-state index contributed by atoms with van der Waals surface area (Å²) in [6, 6.07) is 11.3. The van der Waals surface area contributed by atoms with Gasteiger partial charge in [-0.15, -0.1) is 0 Å². The molecule has 0 amide bonds. The third kappa shape index (κ3) is 2.02. The normalized spacial score (nSPS) is 10.9. The SMILES string of the molecule is Nc1ccc(Sc2ccc(Cl)cc2)c2nonc12. The number of benzene rings is 2. The van der Waals surface area contributed by atoms with E-state index in [1.165, 1.54) is 0 Å². The quantitative estimate of drug-likeness (QED) is 0.725. The average Bonchev–Trinajstić information content (AvgIpc) is 2.86. The number of nitrogen functional groups attached to an aromatic ring is 1. The fourth-order valence-corrected chi connectivity index (χ4v) is 2.59. The summed E-state index contributed by atoms with van der Waals surface area (Å²) in [4.78, 5) is 2.01. The molecule has 0 fully saturated rings. The highest BCUT2D eigenvalue weighted by Crippen LogP contribution is 2.34. The van der Waals surface area contributed by atoms with E-state index in [4.69, 9.17) is 22.0 Å². The van der Waals surface area contributed by atoms with Crippen LogP contribution >= 0.6 is 23.4 Å². The Morgan fingerprint density at radius 1 is 1.00 bits per heavy atom. The van der Waals surface area contributed by atoms with Crippen LogP contribution in [0, 0.1) is 0 Å². The first kappa shape index (κ1) is 11.4. The average molecular weight is 278 g/mol. The molecule has 0 bridgehead atoms. The minimum Gasteiger partial charge on any atom is -0.397 e. The molecule has 1 heterocycles. The molecule has 90 valence electrons. The van der Waals surface area contributed by atoms with Gasteiger partial charge in [0.25, 0.3) is 0 Å². The second-order valence-electron chi connectivity index (χ2n) is 3.67. The maximum absolute atomic E-state index is 5.85. The molecule has 3 rings (SSSR count). The van der Waals surface area contributed by atoms with Crippen LogP contribution in [0.15, 0.2) is 50.8 Å². The fourth-order valence-electron chi connectivity index (χ4n) is 1.57. The minimum atomic E-state index is 0.562. The Bertz CT molecular complexity index is 696. The van der Waals surface area contributed by atoms with E-state index in [1.807, 2.05) is 30.3 Å². The van der Waals surface area contributed by atoms with Crippen LogP contribution in [0.2, 0.25) is 5.02 Å². The zero-order chi connectivity index (χ0) is 12.5. The number of nitrogens with two attached hydrogens (primary N) is 1. The monoisotopic (exact) mass is 277 g/mol. The van der Waals surface area contributed by atoms with E-state index in [2.05, 4.69) is 10.3 Å². The second-order valence-corrected chi connectivity index (χ2v) is 5.22. The summed E-state index contributed by atoms with van der Waals surface area (Å²) in [7, 11) is 0. The van der Waals surface area contributed by atoms with E-state index in [0.29, 0.717) is 21.7 Å². The van der Waals surface area contributed by atoms with Crippen molar-refractivity contribution in [3.8, 4) is 0 Å². The van der Waals surface area contributed by atoms with Crippen molar-refractivity contribution >= 4 is 40.1 Å². The Morgan fingerprint density at radius 3 is 2.50 bits per heavy atom. The summed E-state index contributed by atoms with van der Waals surface area (Å²) < 4.78 is 4.73. The number of anilines is 1. The van der Waals surface area contributed by atoms with Crippen LogP contribution in [0.25, 0.3) is 11.0 Å². The molecule has 0 saturated heterocycles. The van der Waals surface area contributed by atoms with Gasteiger partial charge in [-0.2, -0.15) is 0 Å². The van der Waals surface area contributed by atoms with Crippen molar-refractivity contribution in [2.24, 2.45) is 0 Å². The highest BCUT2D eigenvalue weighted by Gasteiger charge is 2.10. The lowest BCUT2D eigenvalue weighted by atomic mass is 10.3. The lowest BCUT2D eigenvalue weighted by molar-refractivity contribution is 0.315. The van der Waals surface area contributed by atoms with Crippen LogP contribution in [-0.4, -0.2) is 10.3 Å². The standard InChI is InChI=1S/C12H8ClN3OS/c13-7-1-3-8(4-2-7)18-10-6-5-9(14)11-12(10)16-17-15-11/h1-6H,14H2. The summed E-state index contributed by atoms with van der Waals surface area (Å²) in [6.07, 6.45) is 0. The van der Waals surface area contributed by atoms with Crippen molar-refractivity contribution < 1.29 is 4.63 Å². The number of nitrogens with zero attached hydrogens (tertiary/aromatic N) is 2. The predicted octanol–water partition coefficient (Wildman–Crippen LogP) is 3.61. The summed E-state index contributed by atoms with van der Waals surface area (Å²) in [6.45, 7) is 0. The zero-order valence-electron chi connectivity index (χ0n) is 9.13. The van der Waals surface area contributed by atoms with E-state index in [0.717, 1.165) is 9.79 Å². The van der Waals surface area contributed by atoms with Gasteiger partial charge in [0.2, 0.25) is 0 Å². The van der Waals surface area contributed by atoms with Crippen LogP contribution in [0.3, 0.4) is 0 Å². The summed E-state index contributed by atoms with van der Waals surface area (Å²) in [5.41, 5.74) is 7.62. The van der Waals surface area contributed by atoms with Gasteiger partial charge in [-0.25, -0.2) is 4.63 Å². The topological polar surface area (TPSA) is 64.9 Å². The summed E-state index contributed by atoms with van der Waals surface area (Å²) in [5, 5.41) is 8.38. The Labute approximate surface area is 112 Å². The van der Waals surface area contributed by atoms with E-state index >= 15 is 0 Å². The molecule has 6 heteroatoms. The largest absolute Gasteiger partial charge is 0.397 e. The molecule has 0 spiro atoms. The number of hydrogen-bond acceptors (Lipinski definition) is 5. The number of halogens is 1. The van der Waals surface area contributed by atoms with E-state index in [-0.39, 0.29) is 0 Å². The molecule has 4 nitrogen and oxygen atoms in total. The lowest BCUT2D eigenvalue weighted by Crippen LogP contribution is -1.87. The molecule has 3 aromatic rings. The molecule has 0 saturated carbocycles.